The molecule has 1 amide bonds. The number of rotatable bonds is 7. The lowest BCUT2D eigenvalue weighted by atomic mass is 9.99. The van der Waals surface area contributed by atoms with Crippen molar-refractivity contribution < 1.29 is 24.0 Å². The molecule has 1 aromatic heterocycles. The van der Waals surface area contributed by atoms with E-state index in [4.69, 9.17) is 14.4 Å². The van der Waals surface area contributed by atoms with Crippen LogP contribution in [0.3, 0.4) is 0 Å². The molecule has 2 rings (SSSR count). The molecule has 0 saturated carbocycles. The molecule has 128 valence electrons. The van der Waals surface area contributed by atoms with Crippen LogP contribution < -0.4 is 10.1 Å². The molecule has 7 nitrogen and oxygen atoms in total. The van der Waals surface area contributed by atoms with Crippen molar-refractivity contribution in [3.63, 3.8) is 0 Å². The first-order chi connectivity index (χ1) is 11.5. The Morgan fingerprint density at radius 2 is 2.00 bits per heavy atom. The number of hydrogen-bond donors (Lipinski definition) is 2. The van der Waals surface area contributed by atoms with Gasteiger partial charge in [-0.25, -0.2) is 4.79 Å². The van der Waals surface area contributed by atoms with Crippen LogP contribution in [0.15, 0.2) is 28.8 Å². The van der Waals surface area contributed by atoms with Gasteiger partial charge in [0.1, 0.15) is 11.3 Å². The molecule has 7 heteroatoms. The number of ether oxygens (including phenoxy) is 1. The maximum absolute atomic E-state index is 12.2. The Morgan fingerprint density at radius 1 is 1.29 bits per heavy atom. The van der Waals surface area contributed by atoms with Crippen LogP contribution in [0, 0.1) is 0 Å². The summed E-state index contributed by atoms with van der Waals surface area (Å²) >= 11 is 0. The highest BCUT2D eigenvalue weighted by Crippen LogP contribution is 2.25. The SMILES string of the molecule is CCC(CC)c1cc(C(=O)Nc2ccc(C(=O)O)c(OC)c2)on1. The van der Waals surface area contributed by atoms with E-state index < -0.39 is 11.9 Å². The average molecular weight is 332 g/mol. The van der Waals surface area contributed by atoms with Gasteiger partial charge in [-0.15, -0.1) is 0 Å². The second kappa shape index (κ2) is 7.63. The Labute approximate surface area is 139 Å². The number of benzene rings is 1. The van der Waals surface area contributed by atoms with E-state index in [-0.39, 0.29) is 23.0 Å². The van der Waals surface area contributed by atoms with E-state index in [1.54, 1.807) is 6.07 Å². The summed E-state index contributed by atoms with van der Waals surface area (Å²) in [4.78, 5) is 23.3. The summed E-state index contributed by atoms with van der Waals surface area (Å²) in [7, 11) is 1.37. The normalized spacial score (nSPS) is 10.7. The summed E-state index contributed by atoms with van der Waals surface area (Å²) in [6.45, 7) is 4.11. The molecule has 0 unspecified atom stereocenters. The van der Waals surface area contributed by atoms with Crippen LogP contribution in [0.4, 0.5) is 5.69 Å². The molecule has 0 spiro atoms. The van der Waals surface area contributed by atoms with Crippen LogP contribution in [-0.4, -0.2) is 29.2 Å². The highest BCUT2D eigenvalue weighted by Gasteiger charge is 2.18. The van der Waals surface area contributed by atoms with E-state index in [9.17, 15) is 9.59 Å². The molecule has 0 radical (unpaired) electrons. The molecule has 0 aliphatic rings. The topological polar surface area (TPSA) is 102 Å². The van der Waals surface area contributed by atoms with Gasteiger partial charge in [0.05, 0.1) is 12.8 Å². The number of amides is 1. The van der Waals surface area contributed by atoms with Crippen LogP contribution in [-0.2, 0) is 0 Å². The van der Waals surface area contributed by atoms with Gasteiger partial charge in [-0.3, -0.25) is 4.79 Å². The van der Waals surface area contributed by atoms with Gasteiger partial charge in [0, 0.05) is 23.7 Å². The van der Waals surface area contributed by atoms with Gasteiger partial charge in [0.15, 0.2) is 0 Å². The minimum atomic E-state index is -1.10. The Hall–Kier alpha value is -2.83. The fourth-order valence-corrected chi connectivity index (χ4v) is 2.43. The number of carboxylic acids is 1. The monoisotopic (exact) mass is 332 g/mol. The summed E-state index contributed by atoms with van der Waals surface area (Å²) in [6.07, 6.45) is 1.83. The number of carbonyl (C=O) groups is 2. The van der Waals surface area contributed by atoms with E-state index in [2.05, 4.69) is 24.3 Å². The lowest BCUT2D eigenvalue weighted by Crippen LogP contribution is -2.11. The van der Waals surface area contributed by atoms with Crippen molar-refractivity contribution in [1.82, 2.24) is 5.16 Å². The van der Waals surface area contributed by atoms with Gasteiger partial charge in [0.25, 0.3) is 5.91 Å². The van der Waals surface area contributed by atoms with Crippen LogP contribution in [0.1, 0.15) is 59.2 Å². The van der Waals surface area contributed by atoms with E-state index in [0.717, 1.165) is 18.5 Å². The van der Waals surface area contributed by atoms with Crippen LogP contribution in [0.25, 0.3) is 0 Å². The zero-order valence-corrected chi connectivity index (χ0v) is 13.8. The maximum Gasteiger partial charge on any atom is 0.339 e. The molecule has 0 atom stereocenters. The van der Waals surface area contributed by atoms with Crippen LogP contribution in [0.5, 0.6) is 5.75 Å². The first-order valence-electron chi connectivity index (χ1n) is 7.69. The molecule has 0 saturated heterocycles. The van der Waals surface area contributed by atoms with E-state index in [1.807, 2.05) is 0 Å². The van der Waals surface area contributed by atoms with Crippen molar-refractivity contribution in [1.29, 1.82) is 0 Å². The van der Waals surface area contributed by atoms with Crippen LogP contribution in [0.2, 0.25) is 0 Å². The van der Waals surface area contributed by atoms with E-state index >= 15 is 0 Å². The van der Waals surface area contributed by atoms with Crippen molar-refractivity contribution in [2.24, 2.45) is 0 Å². The lowest BCUT2D eigenvalue weighted by molar-refractivity contribution is 0.0693. The van der Waals surface area contributed by atoms with E-state index in [1.165, 1.54) is 25.3 Å². The van der Waals surface area contributed by atoms with Gasteiger partial charge in [-0.1, -0.05) is 19.0 Å². The number of aromatic nitrogens is 1. The summed E-state index contributed by atoms with van der Waals surface area (Å²) in [5, 5.41) is 15.7. The van der Waals surface area contributed by atoms with Gasteiger partial charge in [-0.05, 0) is 25.0 Å². The Morgan fingerprint density at radius 3 is 2.58 bits per heavy atom. The molecule has 0 aliphatic carbocycles. The summed E-state index contributed by atoms with van der Waals surface area (Å²) < 4.78 is 10.1. The Balaban J connectivity index is 2.16. The summed E-state index contributed by atoms with van der Waals surface area (Å²) in [5.41, 5.74) is 1.18. The molecule has 2 aromatic rings. The first-order valence-corrected chi connectivity index (χ1v) is 7.69. The molecule has 0 fully saturated rings. The predicted octanol–water partition coefficient (Wildman–Crippen LogP) is 3.54. The minimum absolute atomic E-state index is 0.0196. The highest BCUT2D eigenvalue weighted by molar-refractivity contribution is 6.02. The van der Waals surface area contributed by atoms with Crippen molar-refractivity contribution in [2.45, 2.75) is 32.6 Å². The molecule has 1 aromatic carbocycles. The predicted molar refractivity (Wildman–Crippen MR) is 87.7 cm³/mol. The largest absolute Gasteiger partial charge is 0.496 e. The standard InChI is InChI=1S/C17H20N2O5/c1-4-10(5-2)13-9-15(24-19-13)16(20)18-11-6-7-12(17(21)22)14(8-11)23-3/h6-10H,4-5H2,1-3H3,(H,18,20)(H,21,22). The second-order valence-electron chi connectivity index (χ2n) is 5.30. The van der Waals surface area contributed by atoms with Crippen LogP contribution >= 0.6 is 0 Å². The van der Waals surface area contributed by atoms with Crippen molar-refractivity contribution >= 4 is 17.6 Å². The quantitative estimate of drug-likeness (QED) is 0.804. The Kier molecular flexibility index (Phi) is 5.57. The molecule has 0 aliphatic heterocycles. The fraction of sp³-hybridized carbons (Fsp3) is 0.353. The smallest absolute Gasteiger partial charge is 0.339 e. The minimum Gasteiger partial charge on any atom is -0.496 e. The molecule has 2 N–H and O–H groups in total. The number of methoxy groups -OCH3 is 1. The van der Waals surface area contributed by atoms with Gasteiger partial charge in [-0.2, -0.15) is 0 Å². The molecule has 0 bridgehead atoms. The zero-order valence-electron chi connectivity index (χ0n) is 13.8. The molecular weight excluding hydrogens is 312 g/mol. The summed E-state index contributed by atoms with van der Waals surface area (Å²) in [5.74, 6) is -1.03. The number of nitrogens with one attached hydrogen (secondary N) is 1. The summed E-state index contributed by atoms with van der Waals surface area (Å²) in [6, 6.07) is 5.93. The van der Waals surface area contributed by atoms with Crippen molar-refractivity contribution in [3.8, 4) is 5.75 Å². The number of carbonyl (C=O) groups excluding carboxylic acids is 1. The second-order valence-corrected chi connectivity index (χ2v) is 5.30. The highest BCUT2D eigenvalue weighted by atomic mass is 16.5. The number of hydrogen-bond acceptors (Lipinski definition) is 5. The van der Waals surface area contributed by atoms with Gasteiger partial charge in [0.2, 0.25) is 5.76 Å². The number of aromatic carboxylic acids is 1. The van der Waals surface area contributed by atoms with Crippen molar-refractivity contribution in [2.75, 3.05) is 12.4 Å². The third-order valence-electron chi connectivity index (χ3n) is 3.85. The van der Waals surface area contributed by atoms with Gasteiger partial charge >= 0.3 is 5.97 Å². The molecular formula is C17H20N2O5. The zero-order chi connectivity index (χ0) is 17.7. The number of nitrogens with zero attached hydrogens (tertiary/aromatic N) is 1. The van der Waals surface area contributed by atoms with E-state index in [0.29, 0.717) is 5.69 Å². The lowest BCUT2D eigenvalue weighted by Gasteiger charge is -2.08. The van der Waals surface area contributed by atoms with Crippen molar-refractivity contribution in [3.05, 3.63) is 41.3 Å². The fourth-order valence-electron chi connectivity index (χ4n) is 2.43. The third-order valence-corrected chi connectivity index (χ3v) is 3.85. The number of carboxylic acid groups (broad SMARTS) is 1. The average Bonchev–Trinajstić information content (AvgIpc) is 3.05. The Bertz CT molecular complexity index is 734. The first kappa shape index (κ1) is 17.5. The number of anilines is 1. The third kappa shape index (κ3) is 3.73. The molecule has 1 heterocycles. The maximum atomic E-state index is 12.2. The molecule has 24 heavy (non-hydrogen) atoms. The van der Waals surface area contributed by atoms with Gasteiger partial charge < -0.3 is 19.7 Å².